The van der Waals surface area contributed by atoms with Crippen LogP contribution in [0, 0.1) is 6.92 Å². The Morgan fingerprint density at radius 1 is 1.10 bits per heavy atom. The normalized spacial score (nSPS) is 10.6. The van der Waals surface area contributed by atoms with Gasteiger partial charge in [-0.3, -0.25) is 0 Å². The van der Waals surface area contributed by atoms with Gasteiger partial charge in [-0.05, 0) is 42.8 Å². The zero-order chi connectivity index (χ0) is 14.8. The number of hydrogen-bond acceptors (Lipinski definition) is 3. The lowest BCUT2D eigenvalue weighted by atomic mass is 10.2. The van der Waals surface area contributed by atoms with Gasteiger partial charge in [0.2, 0.25) is 0 Å². The maximum absolute atomic E-state index is 6.21. The Balaban J connectivity index is 1.86. The lowest BCUT2D eigenvalue weighted by Crippen LogP contribution is -1.90. The van der Waals surface area contributed by atoms with Crippen molar-refractivity contribution in [2.45, 2.75) is 6.92 Å². The summed E-state index contributed by atoms with van der Waals surface area (Å²) < 4.78 is 0. The van der Waals surface area contributed by atoms with E-state index in [1.165, 1.54) is 5.56 Å². The molecule has 0 bridgehead atoms. The third-order valence-electron chi connectivity index (χ3n) is 2.98. The Labute approximate surface area is 137 Å². The van der Waals surface area contributed by atoms with E-state index in [2.05, 4.69) is 29.4 Å². The van der Waals surface area contributed by atoms with Crippen LogP contribution in [-0.2, 0) is 0 Å². The van der Waals surface area contributed by atoms with Crippen molar-refractivity contribution < 1.29 is 0 Å². The topological polar surface area (TPSA) is 24.9 Å². The van der Waals surface area contributed by atoms with Crippen LogP contribution in [0.25, 0.3) is 11.3 Å². The van der Waals surface area contributed by atoms with Crippen molar-refractivity contribution in [2.75, 3.05) is 5.32 Å². The Kier molecular flexibility index (Phi) is 4.15. The molecule has 0 aliphatic carbocycles. The number of nitrogens with zero attached hydrogens (tertiary/aromatic N) is 1. The molecule has 0 fully saturated rings. The SMILES string of the molecule is Cc1cccc(Nc2nc(-c3ccc(Cl)cc3Cl)cs2)c1. The summed E-state index contributed by atoms with van der Waals surface area (Å²) in [6.07, 6.45) is 0. The second kappa shape index (κ2) is 6.06. The number of anilines is 2. The summed E-state index contributed by atoms with van der Waals surface area (Å²) in [5.74, 6) is 0. The molecule has 5 heteroatoms. The van der Waals surface area contributed by atoms with Gasteiger partial charge in [-0.1, -0.05) is 35.3 Å². The van der Waals surface area contributed by atoms with Gasteiger partial charge >= 0.3 is 0 Å². The standard InChI is InChI=1S/C16H12Cl2N2S/c1-10-3-2-4-12(7-10)19-16-20-15(9-21-16)13-6-5-11(17)8-14(13)18/h2-9H,1H3,(H,19,20). The molecular weight excluding hydrogens is 323 g/mol. The molecule has 3 rings (SSSR count). The highest BCUT2D eigenvalue weighted by Gasteiger charge is 2.09. The zero-order valence-corrected chi connectivity index (χ0v) is 13.6. The first-order chi connectivity index (χ1) is 10.1. The molecule has 1 N–H and O–H groups in total. The van der Waals surface area contributed by atoms with Crippen LogP contribution in [0.3, 0.4) is 0 Å². The fourth-order valence-corrected chi connectivity index (χ4v) is 3.23. The zero-order valence-electron chi connectivity index (χ0n) is 11.2. The van der Waals surface area contributed by atoms with Crippen molar-refractivity contribution in [3.8, 4) is 11.3 Å². The predicted octanol–water partition coefficient (Wildman–Crippen LogP) is 6.17. The van der Waals surface area contributed by atoms with Gasteiger partial charge in [-0.25, -0.2) is 4.98 Å². The number of halogens is 2. The van der Waals surface area contributed by atoms with E-state index < -0.39 is 0 Å². The minimum Gasteiger partial charge on any atom is -0.332 e. The highest BCUT2D eigenvalue weighted by Crippen LogP contribution is 2.33. The van der Waals surface area contributed by atoms with Crippen LogP contribution in [0.2, 0.25) is 10.0 Å². The molecule has 2 nitrogen and oxygen atoms in total. The van der Waals surface area contributed by atoms with Crippen molar-refractivity contribution >= 4 is 45.4 Å². The Morgan fingerprint density at radius 2 is 1.95 bits per heavy atom. The van der Waals surface area contributed by atoms with Gasteiger partial charge in [0.1, 0.15) is 0 Å². The molecule has 106 valence electrons. The second-order valence-electron chi connectivity index (χ2n) is 4.66. The van der Waals surface area contributed by atoms with E-state index in [9.17, 15) is 0 Å². The number of aryl methyl sites for hydroxylation is 1. The minimum absolute atomic E-state index is 0.606. The number of nitrogens with one attached hydrogen (secondary N) is 1. The Morgan fingerprint density at radius 3 is 2.71 bits per heavy atom. The van der Waals surface area contributed by atoms with Gasteiger partial charge in [0.05, 0.1) is 10.7 Å². The lowest BCUT2D eigenvalue weighted by molar-refractivity contribution is 1.37. The van der Waals surface area contributed by atoms with Gasteiger partial charge in [-0.15, -0.1) is 11.3 Å². The van der Waals surface area contributed by atoms with Crippen molar-refractivity contribution in [3.63, 3.8) is 0 Å². The largest absolute Gasteiger partial charge is 0.332 e. The van der Waals surface area contributed by atoms with Crippen molar-refractivity contribution in [1.82, 2.24) is 4.98 Å². The molecule has 0 atom stereocenters. The quantitative estimate of drug-likeness (QED) is 0.619. The van der Waals surface area contributed by atoms with Crippen LogP contribution < -0.4 is 5.32 Å². The molecule has 0 spiro atoms. The fourth-order valence-electron chi connectivity index (χ4n) is 2.00. The van der Waals surface area contributed by atoms with Crippen molar-refractivity contribution in [2.24, 2.45) is 0 Å². The van der Waals surface area contributed by atoms with Gasteiger partial charge in [0, 0.05) is 21.7 Å². The smallest absolute Gasteiger partial charge is 0.187 e. The fraction of sp³-hybridized carbons (Fsp3) is 0.0625. The Bertz CT molecular complexity index is 783. The highest BCUT2D eigenvalue weighted by atomic mass is 35.5. The first-order valence-corrected chi connectivity index (χ1v) is 8.00. The summed E-state index contributed by atoms with van der Waals surface area (Å²) in [5.41, 5.74) is 3.96. The second-order valence-corrected chi connectivity index (χ2v) is 6.36. The maximum Gasteiger partial charge on any atom is 0.187 e. The molecule has 1 aromatic heterocycles. The molecule has 0 radical (unpaired) electrons. The predicted molar refractivity (Wildman–Crippen MR) is 92.0 cm³/mol. The van der Waals surface area contributed by atoms with Crippen molar-refractivity contribution in [3.05, 3.63) is 63.5 Å². The third kappa shape index (κ3) is 3.38. The number of rotatable bonds is 3. The summed E-state index contributed by atoms with van der Waals surface area (Å²) in [4.78, 5) is 4.58. The molecule has 0 unspecified atom stereocenters. The summed E-state index contributed by atoms with van der Waals surface area (Å²) in [6, 6.07) is 13.6. The summed E-state index contributed by atoms with van der Waals surface area (Å²) in [6.45, 7) is 2.06. The summed E-state index contributed by atoms with van der Waals surface area (Å²) in [5, 5.41) is 7.35. The number of aromatic nitrogens is 1. The molecule has 3 aromatic rings. The van der Waals surface area contributed by atoms with E-state index >= 15 is 0 Å². The molecule has 1 heterocycles. The van der Waals surface area contributed by atoms with Gasteiger partial charge in [0.15, 0.2) is 5.13 Å². The summed E-state index contributed by atoms with van der Waals surface area (Å²) >= 11 is 13.7. The summed E-state index contributed by atoms with van der Waals surface area (Å²) in [7, 11) is 0. The van der Waals surface area contributed by atoms with Crippen LogP contribution >= 0.6 is 34.5 Å². The lowest BCUT2D eigenvalue weighted by Gasteiger charge is -2.03. The average Bonchev–Trinajstić information content (AvgIpc) is 2.87. The molecule has 0 amide bonds. The third-order valence-corrected chi connectivity index (χ3v) is 4.29. The molecular formula is C16H12Cl2N2S. The Hall–Kier alpha value is -1.55. The maximum atomic E-state index is 6.21. The number of thiazole rings is 1. The molecule has 0 aliphatic heterocycles. The van der Waals surface area contributed by atoms with Gasteiger partial charge < -0.3 is 5.32 Å². The molecule has 21 heavy (non-hydrogen) atoms. The highest BCUT2D eigenvalue weighted by molar-refractivity contribution is 7.14. The van der Waals surface area contributed by atoms with Crippen LogP contribution in [0.1, 0.15) is 5.56 Å². The first kappa shape index (κ1) is 14.4. The van der Waals surface area contributed by atoms with E-state index in [1.54, 1.807) is 17.4 Å². The molecule has 0 saturated heterocycles. The number of hydrogen-bond donors (Lipinski definition) is 1. The van der Waals surface area contributed by atoms with Gasteiger partial charge in [0.25, 0.3) is 0 Å². The van der Waals surface area contributed by atoms with E-state index in [1.807, 2.05) is 29.6 Å². The van der Waals surface area contributed by atoms with Crippen molar-refractivity contribution in [1.29, 1.82) is 0 Å². The first-order valence-electron chi connectivity index (χ1n) is 6.36. The van der Waals surface area contributed by atoms with E-state index in [-0.39, 0.29) is 0 Å². The molecule has 0 aliphatic rings. The van der Waals surface area contributed by atoms with Crippen LogP contribution in [0.4, 0.5) is 10.8 Å². The molecule has 2 aromatic carbocycles. The van der Waals surface area contributed by atoms with Gasteiger partial charge in [-0.2, -0.15) is 0 Å². The minimum atomic E-state index is 0.606. The van der Waals surface area contributed by atoms with Crippen LogP contribution in [-0.4, -0.2) is 4.98 Å². The van der Waals surface area contributed by atoms with E-state index in [0.29, 0.717) is 10.0 Å². The van der Waals surface area contributed by atoms with Crippen LogP contribution in [0.5, 0.6) is 0 Å². The average molecular weight is 335 g/mol. The van der Waals surface area contributed by atoms with E-state index in [4.69, 9.17) is 23.2 Å². The number of benzene rings is 2. The molecule has 0 saturated carbocycles. The monoisotopic (exact) mass is 334 g/mol. The van der Waals surface area contributed by atoms with E-state index in [0.717, 1.165) is 22.1 Å². The van der Waals surface area contributed by atoms with Crippen LogP contribution in [0.15, 0.2) is 47.8 Å².